The van der Waals surface area contributed by atoms with Crippen molar-refractivity contribution < 1.29 is 14.7 Å². The van der Waals surface area contributed by atoms with Crippen molar-refractivity contribution >= 4 is 23.6 Å². The maximum atomic E-state index is 12.0. The van der Waals surface area contributed by atoms with Crippen molar-refractivity contribution in [1.82, 2.24) is 10.3 Å². The number of carbonyl (C=O) groups excluding carboxylic acids is 1. The fourth-order valence-corrected chi connectivity index (χ4v) is 2.25. The molecule has 19 heavy (non-hydrogen) atoms. The highest BCUT2D eigenvalue weighted by molar-refractivity contribution is 7.98. The first-order valence-corrected chi connectivity index (χ1v) is 7.32. The minimum absolute atomic E-state index is 0.144. The van der Waals surface area contributed by atoms with Crippen LogP contribution in [0.25, 0.3) is 0 Å². The second kappa shape index (κ2) is 7.78. The summed E-state index contributed by atoms with van der Waals surface area (Å²) in [6.45, 7) is 2.06. The van der Waals surface area contributed by atoms with Gasteiger partial charge in [-0.25, -0.2) is 4.98 Å². The second-order valence-electron chi connectivity index (χ2n) is 4.09. The quantitative estimate of drug-likeness (QED) is 0.748. The number of thioether (sulfide) groups is 1. The first-order valence-electron chi connectivity index (χ1n) is 6.10. The highest BCUT2D eigenvalue weighted by atomic mass is 32.2. The van der Waals surface area contributed by atoms with E-state index in [4.69, 9.17) is 5.11 Å². The van der Waals surface area contributed by atoms with Crippen LogP contribution >= 0.6 is 11.8 Å². The molecule has 104 valence electrons. The van der Waals surface area contributed by atoms with Gasteiger partial charge in [-0.2, -0.15) is 0 Å². The number of amides is 1. The fourth-order valence-electron chi connectivity index (χ4n) is 1.70. The Morgan fingerprint density at radius 2 is 2.26 bits per heavy atom. The van der Waals surface area contributed by atoms with Crippen molar-refractivity contribution in [2.75, 3.05) is 12.8 Å². The van der Waals surface area contributed by atoms with E-state index >= 15 is 0 Å². The van der Waals surface area contributed by atoms with Gasteiger partial charge in [0.15, 0.2) is 0 Å². The molecule has 1 rings (SSSR count). The Morgan fingerprint density at radius 1 is 1.53 bits per heavy atom. The lowest BCUT2D eigenvalue weighted by Gasteiger charge is -2.13. The molecule has 1 unspecified atom stereocenters. The largest absolute Gasteiger partial charge is 0.481 e. The molecule has 0 spiro atoms. The van der Waals surface area contributed by atoms with Gasteiger partial charge in [0.2, 0.25) is 0 Å². The molecular weight excluding hydrogens is 264 g/mol. The SMILES string of the molecule is CCCC(CNC(=O)c1cccnc1SC)C(=O)O. The van der Waals surface area contributed by atoms with Crippen LogP contribution in [0.3, 0.4) is 0 Å². The molecule has 0 radical (unpaired) electrons. The molecule has 0 bridgehead atoms. The van der Waals surface area contributed by atoms with Crippen LogP contribution in [0.15, 0.2) is 23.4 Å². The van der Waals surface area contributed by atoms with Crippen LogP contribution in [0.2, 0.25) is 0 Å². The fraction of sp³-hybridized carbons (Fsp3) is 0.462. The molecular formula is C13H18N2O3S. The van der Waals surface area contributed by atoms with E-state index in [1.165, 1.54) is 11.8 Å². The third-order valence-electron chi connectivity index (χ3n) is 2.70. The standard InChI is InChI=1S/C13H18N2O3S/c1-3-5-9(13(17)18)8-15-11(16)10-6-4-7-14-12(10)19-2/h4,6-7,9H,3,5,8H2,1-2H3,(H,15,16)(H,17,18). The van der Waals surface area contributed by atoms with E-state index in [2.05, 4.69) is 10.3 Å². The zero-order valence-corrected chi connectivity index (χ0v) is 11.9. The second-order valence-corrected chi connectivity index (χ2v) is 4.89. The molecule has 2 N–H and O–H groups in total. The predicted molar refractivity (Wildman–Crippen MR) is 74.4 cm³/mol. The number of carbonyl (C=O) groups is 2. The first kappa shape index (κ1) is 15.5. The third kappa shape index (κ3) is 4.55. The van der Waals surface area contributed by atoms with E-state index < -0.39 is 11.9 Å². The van der Waals surface area contributed by atoms with Crippen molar-refractivity contribution in [3.8, 4) is 0 Å². The topological polar surface area (TPSA) is 79.3 Å². The van der Waals surface area contributed by atoms with Gasteiger partial charge in [-0.3, -0.25) is 9.59 Å². The van der Waals surface area contributed by atoms with Crippen LogP contribution in [0.4, 0.5) is 0 Å². The van der Waals surface area contributed by atoms with Gasteiger partial charge in [-0.15, -0.1) is 11.8 Å². The molecule has 0 aliphatic rings. The normalized spacial score (nSPS) is 11.9. The van der Waals surface area contributed by atoms with Crippen LogP contribution in [0.1, 0.15) is 30.1 Å². The molecule has 0 fully saturated rings. The van der Waals surface area contributed by atoms with E-state index in [1.54, 1.807) is 18.3 Å². The number of hydrogen-bond donors (Lipinski definition) is 2. The van der Waals surface area contributed by atoms with E-state index in [0.29, 0.717) is 17.0 Å². The smallest absolute Gasteiger partial charge is 0.308 e. The number of hydrogen-bond acceptors (Lipinski definition) is 4. The van der Waals surface area contributed by atoms with Crippen LogP contribution in [-0.2, 0) is 4.79 Å². The Bertz CT molecular complexity index is 451. The highest BCUT2D eigenvalue weighted by Gasteiger charge is 2.18. The summed E-state index contributed by atoms with van der Waals surface area (Å²) >= 11 is 1.39. The summed E-state index contributed by atoms with van der Waals surface area (Å²) in [5.74, 6) is -1.69. The number of aromatic nitrogens is 1. The lowest BCUT2D eigenvalue weighted by atomic mass is 10.0. The molecule has 0 saturated heterocycles. The predicted octanol–water partition coefficient (Wildman–Crippen LogP) is 2.03. The Kier molecular flexibility index (Phi) is 6.35. The van der Waals surface area contributed by atoms with Gasteiger partial charge < -0.3 is 10.4 Å². The molecule has 1 amide bonds. The maximum absolute atomic E-state index is 12.0. The zero-order valence-electron chi connectivity index (χ0n) is 11.0. The van der Waals surface area contributed by atoms with Crippen LogP contribution in [0, 0.1) is 5.92 Å². The Balaban J connectivity index is 2.66. The number of carboxylic acid groups (broad SMARTS) is 1. The summed E-state index contributed by atoms with van der Waals surface area (Å²) in [4.78, 5) is 27.1. The zero-order chi connectivity index (χ0) is 14.3. The summed E-state index contributed by atoms with van der Waals surface area (Å²) in [5, 5.41) is 12.3. The Morgan fingerprint density at radius 3 is 2.84 bits per heavy atom. The molecule has 0 aromatic carbocycles. The van der Waals surface area contributed by atoms with E-state index in [0.717, 1.165) is 6.42 Å². The molecule has 1 aromatic heterocycles. The number of rotatable bonds is 7. The van der Waals surface area contributed by atoms with Gasteiger partial charge in [0.25, 0.3) is 5.91 Å². The minimum Gasteiger partial charge on any atom is -0.481 e. The third-order valence-corrected chi connectivity index (χ3v) is 3.42. The molecule has 1 atom stereocenters. The summed E-state index contributed by atoms with van der Waals surface area (Å²) in [5.41, 5.74) is 0.482. The summed E-state index contributed by atoms with van der Waals surface area (Å²) in [6.07, 6.45) is 4.80. The molecule has 1 heterocycles. The van der Waals surface area contributed by atoms with Crippen molar-refractivity contribution in [3.63, 3.8) is 0 Å². The van der Waals surface area contributed by atoms with Crippen molar-refractivity contribution in [1.29, 1.82) is 0 Å². The van der Waals surface area contributed by atoms with Gasteiger partial charge >= 0.3 is 5.97 Å². The number of aliphatic carboxylic acids is 1. The lowest BCUT2D eigenvalue weighted by molar-refractivity contribution is -0.141. The average molecular weight is 282 g/mol. The van der Waals surface area contributed by atoms with Gasteiger partial charge in [-0.05, 0) is 24.8 Å². The molecule has 1 aromatic rings. The number of carboxylic acids is 1. The lowest BCUT2D eigenvalue weighted by Crippen LogP contribution is -2.33. The summed E-state index contributed by atoms with van der Waals surface area (Å²) in [6, 6.07) is 3.37. The first-order chi connectivity index (χ1) is 9.10. The van der Waals surface area contributed by atoms with Gasteiger partial charge in [0.1, 0.15) is 5.03 Å². The van der Waals surface area contributed by atoms with Crippen LogP contribution in [-0.4, -0.2) is 34.8 Å². The molecule has 5 nitrogen and oxygen atoms in total. The minimum atomic E-state index is -0.876. The van der Waals surface area contributed by atoms with Crippen LogP contribution in [0.5, 0.6) is 0 Å². The number of pyridine rings is 1. The molecule has 0 aliphatic heterocycles. The highest BCUT2D eigenvalue weighted by Crippen LogP contribution is 2.16. The Hall–Kier alpha value is -1.56. The molecule has 0 aliphatic carbocycles. The van der Waals surface area contributed by atoms with Crippen molar-refractivity contribution in [2.24, 2.45) is 5.92 Å². The number of nitrogens with zero attached hydrogens (tertiary/aromatic N) is 1. The Labute approximate surface area is 116 Å². The molecule has 0 saturated carbocycles. The van der Waals surface area contributed by atoms with Gasteiger partial charge in [0.05, 0.1) is 11.5 Å². The number of nitrogens with one attached hydrogen (secondary N) is 1. The van der Waals surface area contributed by atoms with Crippen molar-refractivity contribution in [3.05, 3.63) is 23.9 Å². The van der Waals surface area contributed by atoms with E-state index in [1.807, 2.05) is 13.2 Å². The van der Waals surface area contributed by atoms with E-state index in [9.17, 15) is 9.59 Å². The van der Waals surface area contributed by atoms with E-state index in [-0.39, 0.29) is 12.5 Å². The average Bonchev–Trinajstić information content (AvgIpc) is 2.42. The van der Waals surface area contributed by atoms with Crippen LogP contribution < -0.4 is 5.32 Å². The summed E-state index contributed by atoms with van der Waals surface area (Å²) in [7, 11) is 0. The van der Waals surface area contributed by atoms with Gasteiger partial charge in [-0.1, -0.05) is 13.3 Å². The molecule has 6 heteroatoms. The summed E-state index contributed by atoms with van der Waals surface area (Å²) < 4.78 is 0. The monoisotopic (exact) mass is 282 g/mol. The van der Waals surface area contributed by atoms with Gasteiger partial charge in [0, 0.05) is 12.7 Å². The van der Waals surface area contributed by atoms with Crippen molar-refractivity contribution in [2.45, 2.75) is 24.8 Å². The maximum Gasteiger partial charge on any atom is 0.308 e.